The van der Waals surface area contributed by atoms with E-state index in [4.69, 9.17) is 4.74 Å². The predicted octanol–water partition coefficient (Wildman–Crippen LogP) is 6.90. The molecule has 1 fully saturated rings. The number of carbonyl (C=O) groups excluding carboxylic acids is 1. The standard InChI is InChI=1S/C31H35F3N4O2/c1-30(2,3)40-29(39)38-16-14-37(15-17-38)13-5-6-21-7-8-22(18-26(21)31(32,33)34)23-9-10-24-25-20-35-12-11-27(25)36(4)28(24)19-23/h7-12,18-20H,5-6,13-17H2,1-4H3. The molecule has 1 saturated heterocycles. The Kier molecular flexibility index (Phi) is 7.52. The number of aryl methyl sites for hydroxylation is 2. The number of hydrogen-bond donors (Lipinski definition) is 0. The Balaban J connectivity index is 1.27. The molecule has 0 N–H and O–H groups in total. The number of ether oxygens (including phenoxy) is 1. The van der Waals surface area contributed by atoms with Gasteiger partial charge < -0.3 is 14.2 Å². The maximum Gasteiger partial charge on any atom is 0.416 e. The third kappa shape index (κ3) is 5.94. The Labute approximate surface area is 232 Å². The zero-order valence-electron chi connectivity index (χ0n) is 23.4. The second-order valence-electron chi connectivity index (χ2n) is 11.5. The lowest BCUT2D eigenvalue weighted by molar-refractivity contribution is -0.138. The Morgan fingerprint density at radius 3 is 2.33 bits per heavy atom. The molecule has 0 unspecified atom stereocenters. The van der Waals surface area contributed by atoms with E-state index in [-0.39, 0.29) is 6.09 Å². The molecule has 5 rings (SSSR count). The van der Waals surface area contributed by atoms with Crippen LogP contribution in [0.15, 0.2) is 54.9 Å². The molecule has 2 aromatic heterocycles. The summed E-state index contributed by atoms with van der Waals surface area (Å²) in [5, 5.41) is 2.04. The van der Waals surface area contributed by atoms with Gasteiger partial charge in [-0.1, -0.05) is 24.3 Å². The summed E-state index contributed by atoms with van der Waals surface area (Å²) in [7, 11) is 1.95. The van der Waals surface area contributed by atoms with Gasteiger partial charge in [-0.15, -0.1) is 0 Å². The van der Waals surface area contributed by atoms with E-state index < -0.39 is 17.3 Å². The van der Waals surface area contributed by atoms with Crippen LogP contribution in [0.25, 0.3) is 32.9 Å². The van der Waals surface area contributed by atoms with E-state index >= 15 is 0 Å². The zero-order chi connectivity index (χ0) is 28.7. The fourth-order valence-electron chi connectivity index (χ4n) is 5.44. The fourth-order valence-corrected chi connectivity index (χ4v) is 5.44. The van der Waals surface area contributed by atoms with E-state index in [1.807, 2.05) is 62.8 Å². The Morgan fingerprint density at radius 2 is 1.62 bits per heavy atom. The maximum absolute atomic E-state index is 14.1. The average molecular weight is 553 g/mol. The Morgan fingerprint density at radius 1 is 0.925 bits per heavy atom. The van der Waals surface area contributed by atoms with Crippen LogP contribution in [0.3, 0.4) is 0 Å². The lowest BCUT2D eigenvalue weighted by atomic mass is 9.95. The minimum Gasteiger partial charge on any atom is -0.444 e. The summed E-state index contributed by atoms with van der Waals surface area (Å²) in [6.45, 7) is 8.64. The van der Waals surface area contributed by atoms with Crippen molar-refractivity contribution in [3.05, 3.63) is 66.0 Å². The van der Waals surface area contributed by atoms with Gasteiger partial charge in [-0.25, -0.2) is 4.79 Å². The first-order chi connectivity index (χ1) is 18.9. The fraction of sp³-hybridized carbons (Fsp3) is 0.419. The van der Waals surface area contributed by atoms with Gasteiger partial charge in [-0.2, -0.15) is 13.2 Å². The van der Waals surface area contributed by atoms with Crippen molar-refractivity contribution in [3.63, 3.8) is 0 Å². The highest BCUT2D eigenvalue weighted by Crippen LogP contribution is 2.37. The monoisotopic (exact) mass is 552 g/mol. The average Bonchev–Trinajstić information content (AvgIpc) is 3.19. The van der Waals surface area contributed by atoms with Gasteiger partial charge >= 0.3 is 12.3 Å². The third-order valence-electron chi connectivity index (χ3n) is 7.50. The molecule has 212 valence electrons. The number of alkyl halides is 3. The van der Waals surface area contributed by atoms with Crippen molar-refractivity contribution >= 4 is 27.9 Å². The summed E-state index contributed by atoms with van der Waals surface area (Å²) in [5.74, 6) is 0. The second-order valence-corrected chi connectivity index (χ2v) is 11.5. The molecule has 6 nitrogen and oxygen atoms in total. The molecule has 0 aliphatic carbocycles. The second kappa shape index (κ2) is 10.8. The molecule has 1 aliphatic rings. The molecule has 0 atom stereocenters. The number of fused-ring (bicyclic) bond motifs is 3. The van der Waals surface area contributed by atoms with Crippen LogP contribution in [0.2, 0.25) is 0 Å². The van der Waals surface area contributed by atoms with Crippen molar-refractivity contribution < 1.29 is 22.7 Å². The van der Waals surface area contributed by atoms with Gasteiger partial charge in [0.25, 0.3) is 0 Å². The number of amides is 1. The lowest BCUT2D eigenvalue weighted by Gasteiger charge is -2.35. The molecule has 0 saturated carbocycles. The quantitative estimate of drug-likeness (QED) is 0.270. The van der Waals surface area contributed by atoms with Crippen LogP contribution in [0, 0.1) is 0 Å². The van der Waals surface area contributed by atoms with E-state index in [1.54, 1.807) is 23.2 Å². The summed E-state index contributed by atoms with van der Waals surface area (Å²) in [5.41, 5.74) is 2.44. The normalized spacial score (nSPS) is 15.2. The van der Waals surface area contributed by atoms with Crippen molar-refractivity contribution in [1.29, 1.82) is 0 Å². The van der Waals surface area contributed by atoms with Gasteiger partial charge in [0.1, 0.15) is 5.60 Å². The molecule has 0 spiro atoms. The van der Waals surface area contributed by atoms with Crippen molar-refractivity contribution in [3.8, 4) is 11.1 Å². The number of nitrogens with zero attached hydrogens (tertiary/aromatic N) is 4. The minimum atomic E-state index is -4.44. The van der Waals surface area contributed by atoms with Crippen LogP contribution in [0.1, 0.15) is 38.3 Å². The summed E-state index contributed by atoms with van der Waals surface area (Å²) < 4.78 is 49.9. The van der Waals surface area contributed by atoms with Gasteiger partial charge in [0.15, 0.2) is 0 Å². The van der Waals surface area contributed by atoms with Crippen LogP contribution in [0.4, 0.5) is 18.0 Å². The number of halogens is 3. The molecule has 40 heavy (non-hydrogen) atoms. The highest BCUT2D eigenvalue weighted by Gasteiger charge is 2.33. The van der Waals surface area contributed by atoms with Gasteiger partial charge in [-0.05, 0) is 75.0 Å². The molecule has 2 aromatic carbocycles. The van der Waals surface area contributed by atoms with Gasteiger partial charge in [0, 0.05) is 61.9 Å². The molecular formula is C31H35F3N4O2. The molecular weight excluding hydrogens is 517 g/mol. The number of carbonyl (C=O) groups is 1. The van der Waals surface area contributed by atoms with Crippen molar-refractivity contribution in [1.82, 2.24) is 19.4 Å². The van der Waals surface area contributed by atoms with Crippen molar-refractivity contribution in [2.24, 2.45) is 7.05 Å². The van der Waals surface area contributed by atoms with Gasteiger partial charge in [0.2, 0.25) is 0 Å². The molecule has 9 heteroatoms. The van der Waals surface area contributed by atoms with Crippen molar-refractivity contribution in [2.45, 2.75) is 45.4 Å². The van der Waals surface area contributed by atoms with E-state index in [0.29, 0.717) is 56.7 Å². The topological polar surface area (TPSA) is 50.6 Å². The molecule has 0 bridgehead atoms. The van der Waals surface area contributed by atoms with Gasteiger partial charge in [-0.3, -0.25) is 9.88 Å². The molecule has 1 amide bonds. The van der Waals surface area contributed by atoms with E-state index in [1.165, 1.54) is 6.07 Å². The zero-order valence-corrected chi connectivity index (χ0v) is 23.4. The lowest BCUT2D eigenvalue weighted by Crippen LogP contribution is -2.50. The summed E-state index contributed by atoms with van der Waals surface area (Å²) in [4.78, 5) is 20.4. The maximum atomic E-state index is 14.1. The van der Waals surface area contributed by atoms with Crippen LogP contribution < -0.4 is 0 Å². The first-order valence-electron chi connectivity index (χ1n) is 13.6. The Bertz CT molecular complexity index is 1530. The number of aromatic nitrogens is 2. The van der Waals surface area contributed by atoms with Crippen LogP contribution in [0.5, 0.6) is 0 Å². The summed E-state index contributed by atoms with van der Waals surface area (Å²) in [6, 6.07) is 12.4. The number of pyridine rings is 1. The van der Waals surface area contributed by atoms with E-state index in [9.17, 15) is 18.0 Å². The first-order valence-corrected chi connectivity index (χ1v) is 13.6. The number of benzene rings is 2. The minimum absolute atomic E-state index is 0.306. The Hall–Kier alpha value is -3.59. The SMILES string of the molecule is Cn1c2ccncc2c2ccc(-c3ccc(CCCN4CCN(C(=O)OC(C)(C)C)CC4)c(C(F)(F)F)c3)cc21. The first kappa shape index (κ1) is 28.0. The van der Waals surface area contributed by atoms with E-state index in [0.717, 1.165) is 27.4 Å². The summed E-state index contributed by atoms with van der Waals surface area (Å²) in [6.07, 6.45) is -0.283. The third-order valence-corrected chi connectivity index (χ3v) is 7.50. The number of hydrogen-bond acceptors (Lipinski definition) is 4. The van der Waals surface area contributed by atoms with Gasteiger partial charge in [0.05, 0.1) is 11.1 Å². The summed E-state index contributed by atoms with van der Waals surface area (Å²) >= 11 is 0. The van der Waals surface area contributed by atoms with Crippen LogP contribution in [-0.2, 0) is 24.4 Å². The number of piperazine rings is 1. The predicted molar refractivity (Wildman–Crippen MR) is 151 cm³/mol. The molecule has 1 aliphatic heterocycles. The molecule has 0 radical (unpaired) electrons. The molecule has 3 heterocycles. The van der Waals surface area contributed by atoms with Crippen LogP contribution >= 0.6 is 0 Å². The number of rotatable bonds is 5. The highest BCUT2D eigenvalue weighted by atomic mass is 19.4. The highest BCUT2D eigenvalue weighted by molar-refractivity contribution is 6.08. The van der Waals surface area contributed by atoms with E-state index in [2.05, 4.69) is 9.88 Å². The van der Waals surface area contributed by atoms with Crippen molar-refractivity contribution in [2.75, 3.05) is 32.7 Å². The largest absolute Gasteiger partial charge is 0.444 e. The smallest absolute Gasteiger partial charge is 0.416 e. The molecule has 4 aromatic rings. The van der Waals surface area contributed by atoms with Crippen LogP contribution in [-0.4, -0.2) is 63.8 Å².